The molecule has 0 aliphatic carbocycles. The van der Waals surface area contributed by atoms with Crippen molar-refractivity contribution >= 4 is 21.6 Å². The zero-order valence-corrected chi connectivity index (χ0v) is 13.8. The fourth-order valence-electron chi connectivity index (χ4n) is 2.37. The van der Waals surface area contributed by atoms with Crippen LogP contribution in [0.25, 0.3) is 0 Å². The number of likely N-dealkylation sites (N-methyl/N-ethyl adjacent to an activating group) is 1. The van der Waals surface area contributed by atoms with Crippen molar-refractivity contribution in [3.8, 4) is 0 Å². The van der Waals surface area contributed by atoms with E-state index >= 15 is 0 Å². The molecule has 1 N–H and O–H groups in total. The van der Waals surface area contributed by atoms with Crippen LogP contribution in [0.2, 0.25) is 5.02 Å². The minimum absolute atomic E-state index is 0.105. The number of nitrogens with zero attached hydrogens (tertiary/aromatic N) is 1. The lowest BCUT2D eigenvalue weighted by atomic mass is 10.0. The van der Waals surface area contributed by atoms with E-state index in [0.717, 1.165) is 17.7 Å². The van der Waals surface area contributed by atoms with Crippen LogP contribution in [0.4, 0.5) is 0 Å². The molecule has 0 aromatic heterocycles. The van der Waals surface area contributed by atoms with Gasteiger partial charge in [0.15, 0.2) is 0 Å². The Morgan fingerprint density at radius 1 is 1.38 bits per heavy atom. The average molecular weight is 333 g/mol. The predicted molar refractivity (Wildman–Crippen MR) is 84.2 cm³/mol. The van der Waals surface area contributed by atoms with E-state index in [-0.39, 0.29) is 6.10 Å². The Labute approximate surface area is 131 Å². The summed E-state index contributed by atoms with van der Waals surface area (Å²) >= 11 is 5.88. The number of sulfonamides is 1. The largest absolute Gasteiger partial charge is 0.374 e. The normalized spacial score (nSPS) is 24.1. The van der Waals surface area contributed by atoms with E-state index < -0.39 is 10.0 Å². The van der Waals surface area contributed by atoms with E-state index in [1.54, 1.807) is 0 Å². The van der Waals surface area contributed by atoms with Crippen molar-refractivity contribution in [2.75, 3.05) is 33.0 Å². The summed E-state index contributed by atoms with van der Waals surface area (Å²) < 4.78 is 30.4. The monoisotopic (exact) mass is 332 g/mol. The van der Waals surface area contributed by atoms with Crippen molar-refractivity contribution in [3.05, 3.63) is 34.9 Å². The molecule has 1 fully saturated rings. The van der Waals surface area contributed by atoms with E-state index in [2.05, 4.69) is 9.62 Å². The molecular formula is C14H21ClN2O3S. The van der Waals surface area contributed by atoms with Gasteiger partial charge in [-0.3, -0.25) is 4.90 Å². The molecule has 1 aliphatic heterocycles. The molecule has 7 heteroatoms. The first-order valence-corrected chi connectivity index (χ1v) is 9.11. The number of morpholine rings is 1. The SMILES string of the molecule is CN1C[C@H](CNS(C)(=O)=O)OC[C@@H]1Cc1ccc(Cl)cc1. The molecule has 1 saturated heterocycles. The van der Waals surface area contributed by atoms with Gasteiger partial charge in [0, 0.05) is 24.2 Å². The summed E-state index contributed by atoms with van der Waals surface area (Å²) in [6.07, 6.45) is 1.94. The van der Waals surface area contributed by atoms with Crippen LogP contribution in [0, 0.1) is 0 Å². The van der Waals surface area contributed by atoms with Gasteiger partial charge in [-0.05, 0) is 31.2 Å². The minimum atomic E-state index is -3.17. The van der Waals surface area contributed by atoms with Gasteiger partial charge in [-0.15, -0.1) is 0 Å². The second-order valence-corrected chi connectivity index (χ2v) is 7.77. The standard InChI is InChI=1S/C14H21ClN2O3S/c1-17-9-14(8-16-21(2,18)19)20-10-13(17)7-11-3-5-12(15)6-4-11/h3-6,13-14,16H,7-10H2,1-2H3/t13-,14-/m0/s1. The van der Waals surface area contributed by atoms with Gasteiger partial charge in [-0.2, -0.15) is 0 Å². The first kappa shape index (κ1) is 16.7. The van der Waals surface area contributed by atoms with Gasteiger partial charge < -0.3 is 4.74 Å². The average Bonchev–Trinajstić information content (AvgIpc) is 2.41. The fourth-order valence-corrected chi connectivity index (χ4v) is 2.99. The van der Waals surface area contributed by atoms with Gasteiger partial charge in [-0.25, -0.2) is 13.1 Å². The van der Waals surface area contributed by atoms with Crippen LogP contribution in [-0.4, -0.2) is 58.5 Å². The highest BCUT2D eigenvalue weighted by Gasteiger charge is 2.26. The molecule has 118 valence electrons. The summed E-state index contributed by atoms with van der Waals surface area (Å²) in [5.41, 5.74) is 1.22. The molecule has 5 nitrogen and oxygen atoms in total. The first-order valence-electron chi connectivity index (χ1n) is 6.84. The Morgan fingerprint density at radius 3 is 2.62 bits per heavy atom. The molecule has 0 radical (unpaired) electrons. The molecule has 0 unspecified atom stereocenters. The molecule has 21 heavy (non-hydrogen) atoms. The Morgan fingerprint density at radius 2 is 2.05 bits per heavy atom. The highest BCUT2D eigenvalue weighted by atomic mass is 35.5. The predicted octanol–water partition coefficient (Wildman–Crippen LogP) is 1.13. The Balaban J connectivity index is 1.85. The second-order valence-electron chi connectivity index (χ2n) is 5.50. The summed E-state index contributed by atoms with van der Waals surface area (Å²) in [5, 5.41) is 0.735. The quantitative estimate of drug-likeness (QED) is 0.878. The van der Waals surface area contributed by atoms with Crippen molar-refractivity contribution in [1.29, 1.82) is 0 Å². The molecule has 0 amide bonds. The van der Waals surface area contributed by atoms with Crippen LogP contribution in [0.5, 0.6) is 0 Å². The first-order chi connectivity index (χ1) is 9.83. The number of benzene rings is 1. The third-order valence-electron chi connectivity index (χ3n) is 3.60. The molecule has 1 aliphatic rings. The van der Waals surface area contributed by atoms with Crippen LogP contribution in [0.3, 0.4) is 0 Å². The summed E-state index contributed by atoms with van der Waals surface area (Å²) in [5.74, 6) is 0. The molecule has 2 atom stereocenters. The smallest absolute Gasteiger partial charge is 0.208 e. The lowest BCUT2D eigenvalue weighted by Gasteiger charge is -2.37. The maximum absolute atomic E-state index is 11.1. The maximum Gasteiger partial charge on any atom is 0.208 e. The van der Waals surface area contributed by atoms with Gasteiger partial charge in [-0.1, -0.05) is 23.7 Å². The number of rotatable bonds is 5. The van der Waals surface area contributed by atoms with Gasteiger partial charge in [0.2, 0.25) is 10.0 Å². The van der Waals surface area contributed by atoms with E-state index in [0.29, 0.717) is 25.7 Å². The molecule has 0 spiro atoms. The fraction of sp³-hybridized carbons (Fsp3) is 0.571. The lowest BCUT2D eigenvalue weighted by Crippen LogP contribution is -2.51. The third-order valence-corrected chi connectivity index (χ3v) is 4.54. The molecule has 1 aromatic rings. The van der Waals surface area contributed by atoms with Crippen molar-refractivity contribution < 1.29 is 13.2 Å². The maximum atomic E-state index is 11.1. The number of halogens is 1. The number of ether oxygens (including phenoxy) is 1. The van der Waals surface area contributed by atoms with Gasteiger partial charge in [0.1, 0.15) is 0 Å². The number of hydrogen-bond acceptors (Lipinski definition) is 4. The Hall–Kier alpha value is -0.660. The van der Waals surface area contributed by atoms with Crippen molar-refractivity contribution in [3.63, 3.8) is 0 Å². The lowest BCUT2D eigenvalue weighted by molar-refractivity contribution is -0.0498. The van der Waals surface area contributed by atoms with Crippen LogP contribution in [0.15, 0.2) is 24.3 Å². The molecule has 1 aromatic carbocycles. The highest BCUT2D eigenvalue weighted by molar-refractivity contribution is 7.88. The van der Waals surface area contributed by atoms with Crippen molar-refractivity contribution in [2.45, 2.75) is 18.6 Å². The molecular weight excluding hydrogens is 312 g/mol. The van der Waals surface area contributed by atoms with E-state index in [1.165, 1.54) is 5.56 Å². The minimum Gasteiger partial charge on any atom is -0.374 e. The second kappa shape index (κ2) is 7.07. The Bertz CT molecular complexity index is 562. The summed E-state index contributed by atoms with van der Waals surface area (Å²) in [6.45, 7) is 1.62. The zero-order chi connectivity index (χ0) is 15.5. The van der Waals surface area contributed by atoms with E-state index in [1.807, 2.05) is 31.3 Å². The van der Waals surface area contributed by atoms with Crippen LogP contribution < -0.4 is 4.72 Å². The van der Waals surface area contributed by atoms with Crippen LogP contribution in [0.1, 0.15) is 5.56 Å². The van der Waals surface area contributed by atoms with Crippen LogP contribution >= 0.6 is 11.6 Å². The van der Waals surface area contributed by atoms with Gasteiger partial charge >= 0.3 is 0 Å². The Kier molecular flexibility index (Phi) is 5.62. The molecule has 0 bridgehead atoms. The van der Waals surface area contributed by atoms with Crippen molar-refractivity contribution in [1.82, 2.24) is 9.62 Å². The van der Waals surface area contributed by atoms with Crippen molar-refractivity contribution in [2.24, 2.45) is 0 Å². The van der Waals surface area contributed by atoms with E-state index in [4.69, 9.17) is 16.3 Å². The molecule has 2 rings (SSSR count). The van der Waals surface area contributed by atoms with Gasteiger partial charge in [0.05, 0.1) is 19.0 Å². The topological polar surface area (TPSA) is 58.6 Å². The summed E-state index contributed by atoms with van der Waals surface area (Å²) in [7, 11) is -1.13. The number of nitrogens with one attached hydrogen (secondary N) is 1. The zero-order valence-electron chi connectivity index (χ0n) is 12.3. The molecule has 0 saturated carbocycles. The third kappa shape index (κ3) is 5.56. The highest BCUT2D eigenvalue weighted by Crippen LogP contribution is 2.16. The van der Waals surface area contributed by atoms with Crippen LogP contribution in [-0.2, 0) is 21.2 Å². The van der Waals surface area contributed by atoms with E-state index in [9.17, 15) is 8.42 Å². The van der Waals surface area contributed by atoms with Gasteiger partial charge in [0.25, 0.3) is 0 Å². The summed E-state index contributed by atoms with van der Waals surface area (Å²) in [4.78, 5) is 2.22. The number of hydrogen-bond donors (Lipinski definition) is 1. The molecule has 1 heterocycles. The summed E-state index contributed by atoms with van der Waals surface area (Å²) in [6, 6.07) is 8.11.